The summed E-state index contributed by atoms with van der Waals surface area (Å²) < 4.78 is 13.0. The zero-order valence-electron chi connectivity index (χ0n) is 17.8. The van der Waals surface area contributed by atoms with Crippen molar-refractivity contribution in [2.75, 3.05) is 44.6 Å². The van der Waals surface area contributed by atoms with Crippen LogP contribution in [0.3, 0.4) is 0 Å². The van der Waals surface area contributed by atoms with Crippen molar-refractivity contribution in [3.63, 3.8) is 0 Å². The Kier molecular flexibility index (Phi) is 6.94. The number of benzene rings is 2. The zero-order chi connectivity index (χ0) is 21.6. The van der Waals surface area contributed by atoms with E-state index in [0.717, 1.165) is 45.4 Å². The van der Waals surface area contributed by atoms with Crippen molar-refractivity contribution in [2.45, 2.75) is 25.3 Å². The average Bonchev–Trinajstić information content (AvgIpc) is 2.77. The minimum absolute atomic E-state index is 0.0706. The number of hydrogen-bond acceptors (Lipinski definition) is 2. The Balaban J connectivity index is 1.19. The summed E-state index contributed by atoms with van der Waals surface area (Å²) in [6.45, 7) is 4.31. The second kappa shape index (κ2) is 10.0. The van der Waals surface area contributed by atoms with Gasteiger partial charge in [-0.15, -0.1) is 0 Å². The molecule has 7 heteroatoms. The molecule has 1 aliphatic heterocycles. The predicted octanol–water partition coefficient (Wildman–Crippen LogP) is -0.259. The molecule has 1 fully saturated rings. The van der Waals surface area contributed by atoms with Gasteiger partial charge in [-0.3, -0.25) is 9.59 Å². The van der Waals surface area contributed by atoms with Crippen molar-refractivity contribution in [1.82, 2.24) is 5.32 Å². The quantitative estimate of drug-likeness (QED) is 0.514. The number of nitrogens with one attached hydrogen (secondary N) is 4. The predicted molar refractivity (Wildman–Crippen MR) is 116 cm³/mol. The number of fused-ring (bicyclic) bond motifs is 1. The first-order valence-electron chi connectivity index (χ1n) is 11.2. The van der Waals surface area contributed by atoms with Gasteiger partial charge in [0.1, 0.15) is 32.0 Å². The highest BCUT2D eigenvalue weighted by Crippen LogP contribution is 2.29. The monoisotopic (exact) mass is 426 g/mol. The van der Waals surface area contributed by atoms with Crippen molar-refractivity contribution < 1.29 is 23.8 Å². The summed E-state index contributed by atoms with van der Waals surface area (Å²) in [5.41, 5.74) is 3.22. The summed E-state index contributed by atoms with van der Waals surface area (Å²) in [5.74, 6) is -0.285. The van der Waals surface area contributed by atoms with E-state index in [2.05, 4.69) is 28.8 Å². The molecule has 0 radical (unpaired) electrons. The Morgan fingerprint density at radius 1 is 0.903 bits per heavy atom. The lowest BCUT2D eigenvalue weighted by Crippen LogP contribution is -3.28. The molecule has 0 unspecified atom stereocenters. The number of halogens is 1. The van der Waals surface area contributed by atoms with E-state index < -0.39 is 0 Å². The molecule has 0 aromatic heterocycles. The Morgan fingerprint density at radius 3 is 2.26 bits per heavy atom. The lowest BCUT2D eigenvalue weighted by Gasteiger charge is -2.30. The molecule has 0 saturated carbocycles. The number of rotatable bonds is 6. The summed E-state index contributed by atoms with van der Waals surface area (Å²) in [6, 6.07) is 14.3. The largest absolute Gasteiger partial charge is 0.344 e. The molecule has 164 valence electrons. The third kappa shape index (κ3) is 5.89. The van der Waals surface area contributed by atoms with Gasteiger partial charge in [0.05, 0.1) is 6.04 Å². The van der Waals surface area contributed by atoms with Gasteiger partial charge < -0.3 is 20.4 Å². The molecule has 31 heavy (non-hydrogen) atoms. The summed E-state index contributed by atoms with van der Waals surface area (Å²) in [4.78, 5) is 27.4. The molecule has 1 heterocycles. The van der Waals surface area contributed by atoms with E-state index in [1.165, 1.54) is 33.1 Å². The molecule has 6 nitrogen and oxygen atoms in total. The van der Waals surface area contributed by atoms with E-state index in [9.17, 15) is 14.0 Å². The van der Waals surface area contributed by atoms with E-state index in [-0.39, 0.29) is 23.7 Å². The minimum Gasteiger partial charge on any atom is -0.344 e. The van der Waals surface area contributed by atoms with Gasteiger partial charge in [0, 0.05) is 5.69 Å². The molecule has 0 spiro atoms. The highest BCUT2D eigenvalue weighted by molar-refractivity contribution is 5.91. The van der Waals surface area contributed by atoms with E-state index in [4.69, 9.17) is 0 Å². The summed E-state index contributed by atoms with van der Waals surface area (Å²) in [5, 5.41) is 6.06. The topological polar surface area (TPSA) is 67.1 Å². The van der Waals surface area contributed by atoms with Gasteiger partial charge in [0.2, 0.25) is 0 Å². The number of quaternary nitrogens is 2. The van der Waals surface area contributed by atoms with Crippen molar-refractivity contribution in [1.29, 1.82) is 0 Å². The fourth-order valence-electron chi connectivity index (χ4n) is 4.65. The van der Waals surface area contributed by atoms with Crippen LogP contribution in [0.4, 0.5) is 10.1 Å². The molecule has 2 amide bonds. The number of anilines is 1. The lowest BCUT2D eigenvalue weighted by atomic mass is 9.88. The van der Waals surface area contributed by atoms with E-state index in [1.54, 1.807) is 12.1 Å². The SMILES string of the molecule is O=C(C[NH+]1CC[NH+](CC(=O)N[C@@H]2CCCc3ccccc32)CC1)Nc1ccc(F)cc1. The van der Waals surface area contributed by atoms with Crippen molar-refractivity contribution in [2.24, 2.45) is 0 Å². The smallest absolute Gasteiger partial charge is 0.279 e. The van der Waals surface area contributed by atoms with E-state index in [0.29, 0.717) is 18.8 Å². The molecule has 1 atom stereocenters. The second-order valence-corrected chi connectivity index (χ2v) is 8.62. The van der Waals surface area contributed by atoms with Crippen LogP contribution in [0.2, 0.25) is 0 Å². The Morgan fingerprint density at radius 2 is 1.55 bits per heavy atom. The van der Waals surface area contributed by atoms with Gasteiger partial charge in [0.25, 0.3) is 11.8 Å². The van der Waals surface area contributed by atoms with Crippen LogP contribution in [0.15, 0.2) is 48.5 Å². The molecule has 1 saturated heterocycles. The van der Waals surface area contributed by atoms with Crippen LogP contribution in [0.25, 0.3) is 0 Å². The lowest BCUT2D eigenvalue weighted by molar-refractivity contribution is -1.00. The number of amides is 2. The Labute approximate surface area is 182 Å². The van der Waals surface area contributed by atoms with Crippen LogP contribution in [0.1, 0.15) is 30.0 Å². The molecule has 2 aliphatic rings. The Hall–Kier alpha value is -2.77. The van der Waals surface area contributed by atoms with Crippen molar-refractivity contribution in [3.05, 3.63) is 65.5 Å². The summed E-state index contributed by atoms with van der Waals surface area (Å²) in [6.07, 6.45) is 3.20. The fourth-order valence-corrected chi connectivity index (χ4v) is 4.65. The highest BCUT2D eigenvalue weighted by atomic mass is 19.1. The number of carbonyl (C=O) groups is 2. The van der Waals surface area contributed by atoms with Crippen LogP contribution in [-0.4, -0.2) is 51.1 Å². The normalized spacial score (nSPS) is 22.9. The second-order valence-electron chi connectivity index (χ2n) is 8.62. The van der Waals surface area contributed by atoms with Crippen LogP contribution < -0.4 is 20.4 Å². The first kappa shape index (κ1) is 21.5. The molecule has 4 rings (SSSR count). The maximum Gasteiger partial charge on any atom is 0.279 e. The van der Waals surface area contributed by atoms with Crippen LogP contribution in [0.5, 0.6) is 0 Å². The van der Waals surface area contributed by atoms with Gasteiger partial charge in [-0.25, -0.2) is 4.39 Å². The zero-order valence-corrected chi connectivity index (χ0v) is 17.8. The molecule has 1 aliphatic carbocycles. The van der Waals surface area contributed by atoms with Crippen LogP contribution >= 0.6 is 0 Å². The molecule has 0 bridgehead atoms. The first-order valence-corrected chi connectivity index (χ1v) is 11.2. The molecule has 2 aromatic carbocycles. The van der Waals surface area contributed by atoms with Gasteiger partial charge in [-0.05, 0) is 54.7 Å². The molecular formula is C24H31FN4O2+2. The van der Waals surface area contributed by atoms with Crippen LogP contribution in [0, 0.1) is 5.82 Å². The van der Waals surface area contributed by atoms with Gasteiger partial charge >= 0.3 is 0 Å². The van der Waals surface area contributed by atoms with Crippen molar-refractivity contribution in [3.8, 4) is 0 Å². The van der Waals surface area contributed by atoms with Gasteiger partial charge in [-0.1, -0.05) is 24.3 Å². The van der Waals surface area contributed by atoms with Gasteiger partial charge in [0.15, 0.2) is 13.1 Å². The number of carbonyl (C=O) groups excluding carboxylic acids is 2. The maximum atomic E-state index is 13.0. The third-order valence-corrected chi connectivity index (χ3v) is 6.32. The Bertz CT molecular complexity index is 910. The minimum atomic E-state index is -0.320. The highest BCUT2D eigenvalue weighted by Gasteiger charge is 2.28. The number of piperazine rings is 1. The number of aryl methyl sites for hydroxylation is 1. The van der Waals surface area contributed by atoms with E-state index >= 15 is 0 Å². The molecular weight excluding hydrogens is 395 g/mol. The van der Waals surface area contributed by atoms with E-state index in [1.807, 2.05) is 6.07 Å². The average molecular weight is 427 g/mol. The summed E-state index contributed by atoms with van der Waals surface area (Å²) in [7, 11) is 0. The molecule has 2 aromatic rings. The maximum absolute atomic E-state index is 13.0. The number of hydrogen-bond donors (Lipinski definition) is 4. The molecule has 4 N–H and O–H groups in total. The van der Waals surface area contributed by atoms with Gasteiger partial charge in [-0.2, -0.15) is 0 Å². The van der Waals surface area contributed by atoms with Crippen LogP contribution in [-0.2, 0) is 16.0 Å². The third-order valence-electron chi connectivity index (χ3n) is 6.32. The first-order chi connectivity index (χ1) is 15.1. The fraction of sp³-hybridized carbons (Fsp3) is 0.417. The summed E-state index contributed by atoms with van der Waals surface area (Å²) >= 11 is 0. The standard InChI is InChI=1S/C24H29FN4O2/c25-19-8-10-20(11-9-19)26-23(30)16-28-12-14-29(15-13-28)17-24(31)27-22-7-3-5-18-4-1-2-6-21(18)22/h1-2,4,6,8-11,22H,3,5,7,12-17H2,(H,26,30)(H,27,31)/p+2/t22-/m1/s1. The van der Waals surface area contributed by atoms with Crippen molar-refractivity contribution >= 4 is 17.5 Å².